The normalized spacial score (nSPS) is 29.7. The highest BCUT2D eigenvalue weighted by Gasteiger charge is 2.44. The molecule has 3 atom stereocenters. The average Bonchev–Trinajstić information content (AvgIpc) is 2.44. The highest BCUT2D eigenvalue weighted by Crippen LogP contribution is 2.44. The molecule has 2 aliphatic carbocycles. The van der Waals surface area contributed by atoms with Gasteiger partial charge in [-0.05, 0) is 55.8 Å². The van der Waals surface area contributed by atoms with Crippen molar-refractivity contribution >= 4 is 0 Å². The van der Waals surface area contributed by atoms with Crippen molar-refractivity contribution in [3.8, 4) is 0 Å². The van der Waals surface area contributed by atoms with Gasteiger partial charge in [-0.3, -0.25) is 0 Å². The molecule has 3 nitrogen and oxygen atoms in total. The van der Waals surface area contributed by atoms with E-state index in [-0.39, 0.29) is 5.41 Å². The molecule has 0 saturated heterocycles. The summed E-state index contributed by atoms with van der Waals surface area (Å²) < 4.78 is 17.7. The van der Waals surface area contributed by atoms with Crippen LogP contribution < -0.4 is 0 Å². The molecule has 3 heteroatoms. The molecule has 0 aromatic heterocycles. The lowest BCUT2D eigenvalue weighted by Gasteiger charge is -2.46. The molecule has 2 saturated carbocycles. The van der Waals surface area contributed by atoms with E-state index in [0.29, 0.717) is 23.9 Å². The topological polar surface area (TPSA) is 27.7 Å². The van der Waals surface area contributed by atoms with Gasteiger partial charge in [-0.15, -0.1) is 0 Å². The largest absolute Gasteiger partial charge is 0.384 e. The summed E-state index contributed by atoms with van der Waals surface area (Å²) in [5, 5.41) is 0. The summed E-state index contributed by atoms with van der Waals surface area (Å²) in [6.45, 7) is 9.38. The quantitative estimate of drug-likeness (QED) is 0.622. The first-order valence-corrected chi connectivity index (χ1v) is 9.62. The van der Waals surface area contributed by atoms with Crippen LogP contribution in [0, 0.1) is 29.1 Å². The lowest BCUT2D eigenvalue weighted by Crippen LogP contribution is -2.48. The van der Waals surface area contributed by atoms with E-state index in [1.807, 2.05) is 14.2 Å². The van der Waals surface area contributed by atoms with Crippen LogP contribution in [0.3, 0.4) is 0 Å². The highest BCUT2D eigenvalue weighted by molar-refractivity contribution is 4.92. The molecule has 0 bridgehead atoms. The Bertz CT molecular complexity index is 332. The van der Waals surface area contributed by atoms with E-state index < -0.39 is 0 Å². The van der Waals surface area contributed by atoms with Crippen LogP contribution in [0.4, 0.5) is 0 Å². The second kappa shape index (κ2) is 8.82. The first kappa shape index (κ1) is 19.2. The van der Waals surface area contributed by atoms with Gasteiger partial charge in [0.15, 0.2) is 0 Å². The van der Waals surface area contributed by atoms with Crippen molar-refractivity contribution in [1.29, 1.82) is 0 Å². The average molecular weight is 327 g/mol. The first-order valence-electron chi connectivity index (χ1n) is 9.62. The Labute approximate surface area is 143 Å². The molecule has 0 aromatic carbocycles. The Morgan fingerprint density at radius 1 is 0.957 bits per heavy atom. The minimum atomic E-state index is 0.0480. The van der Waals surface area contributed by atoms with Crippen LogP contribution in [0.15, 0.2) is 0 Å². The van der Waals surface area contributed by atoms with Crippen molar-refractivity contribution in [1.82, 2.24) is 0 Å². The Balaban J connectivity index is 2.01. The third-order valence-electron chi connectivity index (χ3n) is 6.37. The molecule has 0 heterocycles. The van der Waals surface area contributed by atoms with Crippen molar-refractivity contribution in [3.63, 3.8) is 0 Å². The van der Waals surface area contributed by atoms with Gasteiger partial charge in [-0.1, -0.05) is 27.2 Å². The van der Waals surface area contributed by atoms with Gasteiger partial charge in [-0.2, -0.15) is 0 Å². The fourth-order valence-corrected chi connectivity index (χ4v) is 4.65. The minimum absolute atomic E-state index is 0.0480. The van der Waals surface area contributed by atoms with E-state index in [1.54, 1.807) is 0 Å². The zero-order valence-electron chi connectivity index (χ0n) is 16.0. The van der Waals surface area contributed by atoms with Gasteiger partial charge >= 0.3 is 0 Å². The van der Waals surface area contributed by atoms with Crippen LogP contribution in [-0.2, 0) is 14.2 Å². The van der Waals surface area contributed by atoms with Gasteiger partial charge in [0.2, 0.25) is 0 Å². The maximum Gasteiger partial charge on any atom is 0.0606 e. The van der Waals surface area contributed by atoms with Crippen LogP contribution >= 0.6 is 0 Å². The van der Waals surface area contributed by atoms with Crippen LogP contribution in [0.5, 0.6) is 0 Å². The number of methoxy groups -OCH3 is 2. The summed E-state index contributed by atoms with van der Waals surface area (Å²) in [6.07, 6.45) is 8.18. The van der Waals surface area contributed by atoms with Crippen molar-refractivity contribution in [2.45, 2.75) is 65.4 Å². The fraction of sp³-hybridized carbons (Fsp3) is 1.00. The lowest BCUT2D eigenvalue weighted by molar-refractivity contribution is -0.136. The smallest absolute Gasteiger partial charge is 0.0606 e. The number of hydrogen-bond donors (Lipinski definition) is 0. The maximum atomic E-state index is 6.57. The van der Waals surface area contributed by atoms with Crippen LogP contribution in [-0.4, -0.2) is 40.1 Å². The standard InChI is InChI=1S/C20H38O3/c1-15(2)18-11-16(3)9-10-19(18)23-14-20(12-21-4,13-22-5)17-7-6-8-17/h15-19H,6-14H2,1-5H3. The Morgan fingerprint density at radius 2 is 1.61 bits per heavy atom. The van der Waals surface area contributed by atoms with Gasteiger partial charge in [0.1, 0.15) is 0 Å². The molecule has 2 rings (SSSR count). The molecular formula is C20H38O3. The molecule has 2 fully saturated rings. The Morgan fingerprint density at radius 3 is 2.09 bits per heavy atom. The van der Waals surface area contributed by atoms with Gasteiger partial charge < -0.3 is 14.2 Å². The Hall–Kier alpha value is -0.120. The van der Waals surface area contributed by atoms with Gasteiger partial charge in [0.25, 0.3) is 0 Å². The zero-order chi connectivity index (χ0) is 16.9. The van der Waals surface area contributed by atoms with E-state index in [4.69, 9.17) is 14.2 Å². The van der Waals surface area contributed by atoms with E-state index >= 15 is 0 Å². The summed E-state index contributed by atoms with van der Waals surface area (Å²) >= 11 is 0. The maximum absolute atomic E-state index is 6.57. The lowest BCUT2D eigenvalue weighted by atomic mass is 9.66. The van der Waals surface area contributed by atoms with E-state index in [0.717, 1.165) is 25.7 Å². The van der Waals surface area contributed by atoms with Gasteiger partial charge in [-0.25, -0.2) is 0 Å². The molecule has 0 N–H and O–H groups in total. The second-order valence-electron chi connectivity index (χ2n) is 8.53. The molecule has 0 amide bonds. The van der Waals surface area contributed by atoms with Crippen LogP contribution in [0.25, 0.3) is 0 Å². The molecule has 2 aliphatic rings. The Kier molecular flexibility index (Phi) is 7.37. The molecule has 3 unspecified atom stereocenters. The zero-order valence-corrected chi connectivity index (χ0v) is 16.0. The third kappa shape index (κ3) is 4.70. The highest BCUT2D eigenvalue weighted by atomic mass is 16.5. The predicted octanol–water partition coefficient (Wildman–Crippen LogP) is 4.54. The van der Waals surface area contributed by atoms with Crippen LogP contribution in [0.2, 0.25) is 0 Å². The van der Waals surface area contributed by atoms with E-state index in [2.05, 4.69) is 20.8 Å². The summed E-state index contributed by atoms with van der Waals surface area (Å²) in [4.78, 5) is 0. The molecular weight excluding hydrogens is 288 g/mol. The van der Waals surface area contributed by atoms with Crippen molar-refractivity contribution in [2.75, 3.05) is 34.0 Å². The monoisotopic (exact) mass is 326 g/mol. The van der Waals surface area contributed by atoms with E-state index in [1.165, 1.54) is 38.5 Å². The molecule has 0 aromatic rings. The minimum Gasteiger partial charge on any atom is -0.384 e. The molecule has 136 valence electrons. The molecule has 0 aliphatic heterocycles. The van der Waals surface area contributed by atoms with Crippen molar-refractivity contribution in [3.05, 3.63) is 0 Å². The van der Waals surface area contributed by atoms with Crippen LogP contribution in [0.1, 0.15) is 59.3 Å². The number of hydrogen-bond acceptors (Lipinski definition) is 3. The molecule has 0 radical (unpaired) electrons. The summed E-state index contributed by atoms with van der Waals surface area (Å²) in [7, 11) is 3.62. The molecule has 0 spiro atoms. The summed E-state index contributed by atoms with van der Waals surface area (Å²) in [5.41, 5.74) is 0.0480. The van der Waals surface area contributed by atoms with Gasteiger partial charge in [0, 0.05) is 19.6 Å². The summed E-state index contributed by atoms with van der Waals surface area (Å²) in [6, 6.07) is 0. The fourth-order valence-electron chi connectivity index (χ4n) is 4.65. The first-order chi connectivity index (χ1) is 11.0. The SMILES string of the molecule is COCC(COC)(COC1CCC(C)CC1C(C)C)C1CCC1. The van der Waals surface area contributed by atoms with Crippen molar-refractivity contribution < 1.29 is 14.2 Å². The predicted molar refractivity (Wildman–Crippen MR) is 94.6 cm³/mol. The van der Waals surface area contributed by atoms with Crippen molar-refractivity contribution in [2.24, 2.45) is 29.1 Å². The van der Waals surface area contributed by atoms with E-state index in [9.17, 15) is 0 Å². The molecule has 23 heavy (non-hydrogen) atoms. The van der Waals surface area contributed by atoms with Gasteiger partial charge in [0.05, 0.1) is 25.9 Å². The number of rotatable bonds is 9. The summed E-state index contributed by atoms with van der Waals surface area (Å²) in [5.74, 6) is 2.94. The number of ether oxygens (including phenoxy) is 3. The second-order valence-corrected chi connectivity index (χ2v) is 8.53. The third-order valence-corrected chi connectivity index (χ3v) is 6.37.